The standard InChI is InChI=1S/C22H27N3O3/c1-24(2)19-10-8-17(9-11-19)22(27)23-18-12-14-25(15-13-18)21(26)16-28-20-6-4-3-5-7-20/h3-11,18H,12-16H2,1-2H3,(H,23,27). The van der Waals surface area contributed by atoms with E-state index in [9.17, 15) is 9.59 Å². The maximum Gasteiger partial charge on any atom is 0.260 e. The highest BCUT2D eigenvalue weighted by atomic mass is 16.5. The Hall–Kier alpha value is -3.02. The van der Waals surface area contributed by atoms with Gasteiger partial charge in [0.1, 0.15) is 5.75 Å². The fraction of sp³-hybridized carbons (Fsp3) is 0.364. The van der Waals surface area contributed by atoms with Gasteiger partial charge >= 0.3 is 0 Å². The molecule has 1 N–H and O–H groups in total. The molecule has 0 spiro atoms. The molecule has 0 unspecified atom stereocenters. The molecule has 28 heavy (non-hydrogen) atoms. The lowest BCUT2D eigenvalue weighted by Gasteiger charge is -2.32. The summed E-state index contributed by atoms with van der Waals surface area (Å²) in [5.74, 6) is 0.605. The smallest absolute Gasteiger partial charge is 0.260 e. The number of hydrogen-bond acceptors (Lipinski definition) is 4. The lowest BCUT2D eigenvalue weighted by atomic mass is 10.0. The van der Waals surface area contributed by atoms with Crippen LogP contribution in [0.4, 0.5) is 5.69 Å². The van der Waals surface area contributed by atoms with Gasteiger partial charge in [-0.1, -0.05) is 18.2 Å². The highest BCUT2D eigenvalue weighted by Gasteiger charge is 2.24. The van der Waals surface area contributed by atoms with Gasteiger partial charge in [0, 0.05) is 44.5 Å². The fourth-order valence-electron chi connectivity index (χ4n) is 3.21. The Labute approximate surface area is 166 Å². The molecule has 1 saturated heterocycles. The summed E-state index contributed by atoms with van der Waals surface area (Å²) in [6.07, 6.45) is 1.50. The number of nitrogens with one attached hydrogen (secondary N) is 1. The van der Waals surface area contributed by atoms with Gasteiger partial charge in [-0.3, -0.25) is 9.59 Å². The molecule has 6 heteroatoms. The largest absolute Gasteiger partial charge is 0.484 e. The zero-order chi connectivity index (χ0) is 19.9. The van der Waals surface area contributed by atoms with Crippen LogP contribution in [0.15, 0.2) is 54.6 Å². The maximum atomic E-state index is 12.4. The number of anilines is 1. The van der Waals surface area contributed by atoms with Gasteiger partial charge in [0.25, 0.3) is 11.8 Å². The highest BCUT2D eigenvalue weighted by Crippen LogP contribution is 2.15. The predicted molar refractivity (Wildman–Crippen MR) is 110 cm³/mol. The van der Waals surface area contributed by atoms with Crippen molar-refractivity contribution in [3.8, 4) is 5.75 Å². The average molecular weight is 381 g/mol. The SMILES string of the molecule is CN(C)c1ccc(C(=O)NC2CCN(C(=O)COc3ccccc3)CC2)cc1. The van der Waals surface area contributed by atoms with Crippen molar-refractivity contribution < 1.29 is 14.3 Å². The molecule has 1 fully saturated rings. The Morgan fingerprint density at radius 2 is 1.68 bits per heavy atom. The van der Waals surface area contributed by atoms with Gasteiger partial charge in [0.05, 0.1) is 0 Å². The first-order valence-electron chi connectivity index (χ1n) is 9.57. The van der Waals surface area contributed by atoms with Crippen LogP contribution in [-0.4, -0.2) is 56.5 Å². The Kier molecular flexibility index (Phi) is 6.53. The zero-order valence-electron chi connectivity index (χ0n) is 16.4. The molecular weight excluding hydrogens is 354 g/mol. The minimum atomic E-state index is -0.0671. The second kappa shape index (κ2) is 9.26. The third kappa shape index (κ3) is 5.25. The maximum absolute atomic E-state index is 12.4. The number of benzene rings is 2. The summed E-state index contributed by atoms with van der Waals surface area (Å²) in [6, 6.07) is 17.0. The Morgan fingerprint density at radius 3 is 2.29 bits per heavy atom. The molecule has 2 amide bonds. The van der Waals surface area contributed by atoms with E-state index in [1.165, 1.54) is 0 Å². The lowest BCUT2D eigenvalue weighted by Crippen LogP contribution is -2.47. The van der Waals surface area contributed by atoms with Gasteiger partial charge in [-0.15, -0.1) is 0 Å². The summed E-state index contributed by atoms with van der Waals surface area (Å²) >= 11 is 0. The van der Waals surface area contributed by atoms with E-state index in [1.807, 2.05) is 73.6 Å². The number of likely N-dealkylation sites (tertiary alicyclic amines) is 1. The van der Waals surface area contributed by atoms with Crippen LogP contribution in [0.25, 0.3) is 0 Å². The molecule has 1 aliphatic heterocycles. The summed E-state index contributed by atoms with van der Waals surface area (Å²) in [5.41, 5.74) is 1.71. The van der Waals surface area contributed by atoms with Crippen molar-refractivity contribution in [1.82, 2.24) is 10.2 Å². The highest BCUT2D eigenvalue weighted by molar-refractivity contribution is 5.94. The molecule has 0 saturated carbocycles. The third-order valence-corrected chi connectivity index (χ3v) is 4.93. The molecule has 0 radical (unpaired) electrons. The van der Waals surface area contributed by atoms with Crippen molar-refractivity contribution in [2.24, 2.45) is 0 Å². The van der Waals surface area contributed by atoms with Gasteiger partial charge in [-0.2, -0.15) is 0 Å². The van der Waals surface area contributed by atoms with Crippen molar-refractivity contribution in [1.29, 1.82) is 0 Å². The molecule has 148 valence electrons. The molecule has 3 rings (SSSR count). The van der Waals surface area contributed by atoms with E-state index >= 15 is 0 Å². The van der Waals surface area contributed by atoms with E-state index in [0.717, 1.165) is 18.5 Å². The lowest BCUT2D eigenvalue weighted by molar-refractivity contribution is -0.134. The molecule has 0 aromatic heterocycles. The minimum Gasteiger partial charge on any atom is -0.484 e. The number of ether oxygens (including phenoxy) is 1. The predicted octanol–water partition coefficient (Wildman–Crippen LogP) is 2.55. The number of carbonyl (C=O) groups is 2. The first-order valence-corrected chi connectivity index (χ1v) is 9.57. The van der Waals surface area contributed by atoms with Crippen molar-refractivity contribution in [3.63, 3.8) is 0 Å². The Balaban J connectivity index is 1.43. The molecule has 2 aromatic carbocycles. The Bertz CT molecular complexity index is 782. The topological polar surface area (TPSA) is 61.9 Å². The molecule has 0 aliphatic carbocycles. The second-order valence-electron chi connectivity index (χ2n) is 7.17. The summed E-state index contributed by atoms with van der Waals surface area (Å²) < 4.78 is 5.53. The zero-order valence-corrected chi connectivity index (χ0v) is 16.4. The van der Waals surface area contributed by atoms with Crippen LogP contribution in [0.3, 0.4) is 0 Å². The number of amides is 2. The molecule has 6 nitrogen and oxygen atoms in total. The number of carbonyl (C=O) groups excluding carboxylic acids is 2. The summed E-state index contributed by atoms with van der Waals surface area (Å²) in [5, 5.41) is 3.08. The fourth-order valence-corrected chi connectivity index (χ4v) is 3.21. The van der Waals surface area contributed by atoms with Crippen LogP contribution < -0.4 is 15.0 Å². The molecular formula is C22H27N3O3. The van der Waals surface area contributed by atoms with Crippen molar-refractivity contribution in [2.45, 2.75) is 18.9 Å². The van der Waals surface area contributed by atoms with Crippen LogP contribution in [0.5, 0.6) is 5.75 Å². The first-order chi connectivity index (χ1) is 13.5. The van der Waals surface area contributed by atoms with E-state index in [-0.39, 0.29) is 24.5 Å². The van der Waals surface area contributed by atoms with Crippen LogP contribution in [0.1, 0.15) is 23.2 Å². The number of piperidine rings is 1. The van der Waals surface area contributed by atoms with E-state index in [1.54, 1.807) is 4.90 Å². The summed E-state index contributed by atoms with van der Waals surface area (Å²) in [6.45, 7) is 1.29. The van der Waals surface area contributed by atoms with Crippen molar-refractivity contribution >= 4 is 17.5 Å². The minimum absolute atomic E-state index is 0.0205. The number of nitrogens with zero attached hydrogens (tertiary/aromatic N) is 2. The number of para-hydroxylation sites is 1. The van der Waals surface area contributed by atoms with E-state index < -0.39 is 0 Å². The molecule has 0 bridgehead atoms. The van der Waals surface area contributed by atoms with Gasteiger partial charge in [-0.05, 0) is 49.2 Å². The summed E-state index contributed by atoms with van der Waals surface area (Å²) in [4.78, 5) is 28.6. The number of hydrogen-bond donors (Lipinski definition) is 1. The second-order valence-corrected chi connectivity index (χ2v) is 7.17. The van der Waals surface area contributed by atoms with Crippen LogP contribution in [-0.2, 0) is 4.79 Å². The quantitative estimate of drug-likeness (QED) is 0.835. The molecule has 0 atom stereocenters. The summed E-state index contributed by atoms with van der Waals surface area (Å²) in [7, 11) is 3.93. The molecule has 1 heterocycles. The van der Waals surface area contributed by atoms with Gasteiger partial charge < -0.3 is 19.9 Å². The molecule has 1 aliphatic rings. The average Bonchev–Trinajstić information content (AvgIpc) is 2.73. The van der Waals surface area contributed by atoms with E-state index in [2.05, 4.69) is 5.32 Å². The van der Waals surface area contributed by atoms with Crippen LogP contribution >= 0.6 is 0 Å². The van der Waals surface area contributed by atoms with Crippen LogP contribution in [0.2, 0.25) is 0 Å². The van der Waals surface area contributed by atoms with Gasteiger partial charge in [0.2, 0.25) is 0 Å². The Morgan fingerprint density at radius 1 is 1.04 bits per heavy atom. The molecule has 2 aromatic rings. The van der Waals surface area contributed by atoms with Crippen molar-refractivity contribution in [2.75, 3.05) is 38.7 Å². The van der Waals surface area contributed by atoms with Crippen LogP contribution in [0, 0.1) is 0 Å². The van der Waals surface area contributed by atoms with Gasteiger partial charge in [0.15, 0.2) is 6.61 Å². The monoisotopic (exact) mass is 381 g/mol. The van der Waals surface area contributed by atoms with E-state index in [0.29, 0.717) is 24.4 Å². The van der Waals surface area contributed by atoms with Crippen molar-refractivity contribution in [3.05, 3.63) is 60.2 Å². The number of rotatable bonds is 6. The third-order valence-electron chi connectivity index (χ3n) is 4.93. The van der Waals surface area contributed by atoms with Gasteiger partial charge in [-0.25, -0.2) is 0 Å². The van der Waals surface area contributed by atoms with E-state index in [4.69, 9.17) is 4.74 Å². The normalized spacial score (nSPS) is 14.4. The first kappa shape index (κ1) is 19.7.